The number of aliphatic carboxylic acids is 1. The second-order valence-electron chi connectivity index (χ2n) is 8.53. The lowest BCUT2D eigenvalue weighted by Crippen LogP contribution is -2.48. The van der Waals surface area contributed by atoms with Crippen molar-refractivity contribution in [2.75, 3.05) is 0 Å². The van der Waals surface area contributed by atoms with Gasteiger partial charge in [-0.2, -0.15) is 0 Å². The molecule has 2 heterocycles. The fraction of sp³-hybridized carbons (Fsp3) is 0.231. The number of carboxylic acids is 1. The molecule has 2 atom stereocenters. The average molecular weight is 542 g/mol. The van der Waals surface area contributed by atoms with Gasteiger partial charge in [0.25, 0.3) is 11.5 Å². The molecule has 4 rings (SSSR count). The number of thiophene rings is 1. The van der Waals surface area contributed by atoms with E-state index in [1.165, 1.54) is 23.5 Å². The van der Waals surface area contributed by atoms with Gasteiger partial charge in [-0.15, -0.1) is 11.3 Å². The van der Waals surface area contributed by atoms with Crippen LogP contribution in [0.25, 0.3) is 15.9 Å². The smallest absolute Gasteiger partial charge is 0.334 e. The largest absolute Gasteiger partial charge is 0.479 e. The summed E-state index contributed by atoms with van der Waals surface area (Å²) in [6, 6.07) is 11.8. The van der Waals surface area contributed by atoms with Crippen LogP contribution in [-0.2, 0) is 17.6 Å². The quantitative estimate of drug-likeness (QED) is 0.270. The van der Waals surface area contributed by atoms with Crippen molar-refractivity contribution >= 4 is 45.0 Å². The Labute approximate surface area is 220 Å². The number of hydrogen-bond acceptors (Lipinski definition) is 6. The summed E-state index contributed by atoms with van der Waals surface area (Å²) < 4.78 is 0.997. The number of carbonyl (C=O) groups is 2. The van der Waals surface area contributed by atoms with E-state index in [0.717, 1.165) is 9.44 Å². The predicted molar refractivity (Wildman–Crippen MR) is 142 cm³/mol. The maximum atomic E-state index is 13.2. The van der Waals surface area contributed by atoms with E-state index in [4.69, 9.17) is 11.6 Å². The Morgan fingerprint density at radius 1 is 1.14 bits per heavy atom. The molecule has 1 amide bonds. The van der Waals surface area contributed by atoms with Crippen molar-refractivity contribution < 1.29 is 19.8 Å². The minimum Gasteiger partial charge on any atom is -0.479 e. The van der Waals surface area contributed by atoms with Crippen molar-refractivity contribution in [3.05, 3.63) is 96.0 Å². The fourth-order valence-corrected chi connectivity index (χ4v) is 5.24. The number of aromatic nitrogens is 2. The molecule has 9 nitrogen and oxygen atoms in total. The van der Waals surface area contributed by atoms with Gasteiger partial charge < -0.3 is 15.5 Å². The Morgan fingerprint density at radius 3 is 2.54 bits per heavy atom. The monoisotopic (exact) mass is 541 g/mol. The van der Waals surface area contributed by atoms with Crippen LogP contribution in [0.4, 0.5) is 0 Å². The number of aliphatic hydroxyl groups excluding tert-OH is 1. The predicted octanol–water partition coefficient (Wildman–Crippen LogP) is 3.05. The van der Waals surface area contributed by atoms with Gasteiger partial charge in [-0.1, -0.05) is 42.8 Å². The van der Waals surface area contributed by atoms with E-state index in [-0.39, 0.29) is 17.7 Å². The molecule has 2 aromatic heterocycles. The molecule has 2 aromatic carbocycles. The van der Waals surface area contributed by atoms with Crippen LogP contribution in [0.1, 0.15) is 33.3 Å². The summed E-state index contributed by atoms with van der Waals surface area (Å²) in [5.74, 6) is -2.19. The minimum absolute atomic E-state index is 0.0356. The lowest BCUT2D eigenvalue weighted by Gasteiger charge is -2.22. The van der Waals surface area contributed by atoms with Crippen molar-refractivity contribution in [1.29, 1.82) is 0 Å². The lowest BCUT2D eigenvalue weighted by atomic mass is 10.00. The Hall–Kier alpha value is -3.73. The summed E-state index contributed by atoms with van der Waals surface area (Å²) in [7, 11) is 0. The maximum absolute atomic E-state index is 13.2. The Kier molecular flexibility index (Phi) is 7.63. The number of halogens is 1. The van der Waals surface area contributed by atoms with Crippen LogP contribution in [-0.4, -0.2) is 43.8 Å². The highest BCUT2D eigenvalue weighted by atomic mass is 35.5. The van der Waals surface area contributed by atoms with Crippen molar-refractivity contribution in [2.24, 2.45) is 0 Å². The van der Waals surface area contributed by atoms with Gasteiger partial charge in [0.1, 0.15) is 4.83 Å². The zero-order valence-corrected chi connectivity index (χ0v) is 21.5. The molecule has 4 aromatic rings. The third-order valence-electron chi connectivity index (χ3n) is 6.03. The van der Waals surface area contributed by atoms with Crippen LogP contribution in [0.15, 0.2) is 58.1 Å². The Morgan fingerprint density at radius 2 is 1.86 bits per heavy atom. The molecule has 0 aliphatic carbocycles. The van der Waals surface area contributed by atoms with Crippen molar-refractivity contribution in [3.63, 3.8) is 0 Å². The van der Waals surface area contributed by atoms with E-state index in [2.05, 4.69) is 10.3 Å². The number of carbonyl (C=O) groups excluding carboxylic acids is 1. The van der Waals surface area contributed by atoms with Crippen molar-refractivity contribution in [3.8, 4) is 5.69 Å². The zero-order valence-electron chi connectivity index (χ0n) is 19.9. The van der Waals surface area contributed by atoms with Gasteiger partial charge in [0.15, 0.2) is 6.10 Å². The van der Waals surface area contributed by atoms with Gasteiger partial charge in [0.2, 0.25) is 0 Å². The molecule has 0 saturated heterocycles. The number of carboxylic acid groups (broad SMARTS) is 1. The van der Waals surface area contributed by atoms with E-state index in [9.17, 15) is 29.4 Å². The van der Waals surface area contributed by atoms with Crippen molar-refractivity contribution in [1.82, 2.24) is 14.9 Å². The Balaban J connectivity index is 1.74. The molecular formula is C26H24ClN3O6S. The van der Waals surface area contributed by atoms with E-state index in [1.807, 2.05) is 13.8 Å². The van der Waals surface area contributed by atoms with Gasteiger partial charge in [-0.05, 0) is 55.2 Å². The second kappa shape index (κ2) is 10.7. The van der Waals surface area contributed by atoms with Gasteiger partial charge in [0, 0.05) is 15.5 Å². The molecule has 0 spiro atoms. The molecule has 11 heteroatoms. The van der Waals surface area contributed by atoms with Gasteiger partial charge in [-0.3, -0.25) is 14.6 Å². The summed E-state index contributed by atoms with van der Waals surface area (Å²) in [6.07, 6.45) is -1.45. The third kappa shape index (κ3) is 5.36. The van der Waals surface area contributed by atoms with Crippen LogP contribution in [0.2, 0.25) is 5.02 Å². The first-order valence-corrected chi connectivity index (χ1v) is 12.6. The number of H-pyrrole nitrogens is 1. The first kappa shape index (κ1) is 26.3. The number of amides is 1. The zero-order chi connectivity index (χ0) is 26.9. The summed E-state index contributed by atoms with van der Waals surface area (Å²) in [4.78, 5) is 54.9. The molecule has 0 unspecified atom stereocenters. The van der Waals surface area contributed by atoms with E-state index >= 15 is 0 Å². The highest BCUT2D eigenvalue weighted by molar-refractivity contribution is 7.18. The number of nitrogens with zero attached hydrogens (tertiary/aromatic N) is 1. The summed E-state index contributed by atoms with van der Waals surface area (Å²) in [5, 5.41) is 23.0. The van der Waals surface area contributed by atoms with Crippen LogP contribution in [0.5, 0.6) is 0 Å². The number of nitrogens with one attached hydrogen (secondary N) is 2. The number of rotatable bonds is 8. The molecule has 0 bridgehead atoms. The number of fused-ring (bicyclic) bond motifs is 1. The Bertz CT molecular complexity index is 1620. The highest BCUT2D eigenvalue weighted by Crippen LogP contribution is 2.22. The summed E-state index contributed by atoms with van der Waals surface area (Å²) in [6.45, 7) is 3.69. The molecule has 0 aliphatic heterocycles. The first-order chi connectivity index (χ1) is 17.6. The standard InChI is InChI=1S/C26H24ClN3O6S/c1-3-14-8-9-16(12-20(14)30-24(33)17-10-13(2)37-23(17)29-26(30)36)22(32)28-19(21(31)25(34)35)11-15-6-4-5-7-18(15)27/h4-10,12,19,21,31H,3,11H2,1-2H3,(H,28,32)(H,29,36)(H,34,35)/t19-,21-/m1/s1. The normalized spacial score (nSPS) is 12.9. The number of benzene rings is 2. The van der Waals surface area contributed by atoms with Gasteiger partial charge in [0.05, 0.1) is 17.1 Å². The van der Waals surface area contributed by atoms with E-state index in [0.29, 0.717) is 32.8 Å². The van der Waals surface area contributed by atoms with E-state index < -0.39 is 35.3 Å². The number of aryl methyl sites for hydroxylation is 2. The highest BCUT2D eigenvalue weighted by Gasteiger charge is 2.29. The molecule has 192 valence electrons. The van der Waals surface area contributed by atoms with Crippen molar-refractivity contribution in [2.45, 2.75) is 38.8 Å². The average Bonchev–Trinajstić information content (AvgIpc) is 3.24. The molecule has 0 fully saturated rings. The first-order valence-electron chi connectivity index (χ1n) is 11.4. The summed E-state index contributed by atoms with van der Waals surface area (Å²) in [5.41, 5.74) is 0.399. The number of aromatic amines is 1. The number of hydrogen-bond donors (Lipinski definition) is 4. The molecular weight excluding hydrogens is 518 g/mol. The minimum atomic E-state index is -1.90. The van der Waals surface area contributed by atoms with Crippen LogP contribution < -0.4 is 16.6 Å². The summed E-state index contributed by atoms with van der Waals surface area (Å²) >= 11 is 7.50. The molecule has 0 saturated carbocycles. The van der Waals surface area contributed by atoms with Gasteiger partial charge >= 0.3 is 11.7 Å². The molecule has 0 aliphatic rings. The lowest BCUT2D eigenvalue weighted by molar-refractivity contribution is -0.148. The molecule has 0 radical (unpaired) electrons. The van der Waals surface area contributed by atoms with Gasteiger partial charge in [-0.25, -0.2) is 14.2 Å². The third-order valence-corrected chi connectivity index (χ3v) is 7.36. The SMILES string of the molecule is CCc1ccc(C(=O)N[C@H](Cc2ccccc2Cl)[C@@H](O)C(=O)O)cc1-n1c(=O)[nH]c2sc(C)cc2c1=O. The maximum Gasteiger partial charge on any atom is 0.334 e. The molecule has 4 N–H and O–H groups in total. The van der Waals surface area contributed by atoms with Crippen LogP contribution in [0, 0.1) is 6.92 Å². The molecule has 37 heavy (non-hydrogen) atoms. The van der Waals surface area contributed by atoms with Crippen LogP contribution >= 0.6 is 22.9 Å². The van der Waals surface area contributed by atoms with E-state index in [1.54, 1.807) is 36.4 Å². The van der Waals surface area contributed by atoms with Crippen LogP contribution in [0.3, 0.4) is 0 Å². The topological polar surface area (TPSA) is 141 Å². The number of aliphatic hydroxyl groups is 1. The fourth-order valence-electron chi connectivity index (χ4n) is 4.13. The second-order valence-corrected chi connectivity index (χ2v) is 10.2.